The predicted octanol–water partition coefficient (Wildman–Crippen LogP) is 1.60. The number of methoxy groups -OCH3 is 1. The molecule has 7 heteroatoms. The molecule has 0 aromatic carbocycles. The fourth-order valence-corrected chi connectivity index (χ4v) is 1.97. The van der Waals surface area contributed by atoms with Crippen molar-refractivity contribution in [3.63, 3.8) is 0 Å². The molecule has 0 bridgehead atoms. The predicted molar refractivity (Wildman–Crippen MR) is 65.1 cm³/mol. The van der Waals surface area contributed by atoms with E-state index in [0.717, 1.165) is 11.5 Å². The van der Waals surface area contributed by atoms with Crippen molar-refractivity contribution in [3.05, 3.63) is 5.82 Å². The Kier molecular flexibility index (Phi) is 5.30. The summed E-state index contributed by atoms with van der Waals surface area (Å²) in [5.41, 5.74) is 0. The summed E-state index contributed by atoms with van der Waals surface area (Å²) in [7, 11) is 1.56. The van der Waals surface area contributed by atoms with E-state index in [2.05, 4.69) is 14.7 Å². The summed E-state index contributed by atoms with van der Waals surface area (Å²) in [5, 5.41) is 12.5. The van der Waals surface area contributed by atoms with E-state index in [1.807, 2.05) is 13.8 Å². The quantitative estimate of drug-likeness (QED) is 0.773. The maximum absolute atomic E-state index is 11.0. The Bertz CT molecular complexity index is 367. The maximum Gasteiger partial charge on any atom is 0.326 e. The third kappa shape index (κ3) is 4.66. The second kappa shape index (κ2) is 6.51. The lowest BCUT2D eigenvalue weighted by Gasteiger charge is -2.15. The Balaban J connectivity index is 2.62. The number of hydrogen-bond acceptors (Lipinski definition) is 6. The first-order valence-electron chi connectivity index (χ1n) is 5.33. The van der Waals surface area contributed by atoms with Gasteiger partial charge in [-0.05, 0) is 12.3 Å². The van der Waals surface area contributed by atoms with Gasteiger partial charge >= 0.3 is 5.97 Å². The van der Waals surface area contributed by atoms with Crippen LogP contribution >= 0.6 is 11.5 Å². The molecule has 1 aromatic heterocycles. The highest BCUT2D eigenvalue weighted by molar-refractivity contribution is 7.09. The normalized spacial score (nSPS) is 12.7. The fraction of sp³-hybridized carbons (Fsp3) is 0.700. The standard InChI is InChI=1S/C10H17N3O3S/c1-6(2)4-7(9(14)15)11-10-12-8(5-16-3)13-17-10/h6-7H,4-5H2,1-3H3,(H,14,15)(H,11,12,13). The second-order valence-electron chi connectivity index (χ2n) is 4.11. The molecule has 0 spiro atoms. The largest absolute Gasteiger partial charge is 0.480 e. The average molecular weight is 259 g/mol. The van der Waals surface area contributed by atoms with Crippen LogP contribution in [0.5, 0.6) is 0 Å². The molecule has 0 fully saturated rings. The van der Waals surface area contributed by atoms with Crippen LogP contribution in [0.15, 0.2) is 0 Å². The second-order valence-corrected chi connectivity index (χ2v) is 4.87. The molecule has 1 rings (SSSR count). The molecule has 1 aromatic rings. The highest BCUT2D eigenvalue weighted by Crippen LogP contribution is 2.16. The van der Waals surface area contributed by atoms with Gasteiger partial charge in [0.15, 0.2) is 5.82 Å². The van der Waals surface area contributed by atoms with Gasteiger partial charge in [0.1, 0.15) is 12.6 Å². The highest BCUT2D eigenvalue weighted by atomic mass is 32.1. The zero-order valence-corrected chi connectivity index (χ0v) is 11.0. The van der Waals surface area contributed by atoms with Crippen molar-refractivity contribution in [2.45, 2.75) is 32.9 Å². The highest BCUT2D eigenvalue weighted by Gasteiger charge is 2.20. The van der Waals surface area contributed by atoms with Crippen LogP contribution in [0.25, 0.3) is 0 Å². The zero-order valence-electron chi connectivity index (χ0n) is 10.1. The minimum absolute atomic E-state index is 0.301. The number of nitrogens with one attached hydrogen (secondary N) is 1. The van der Waals surface area contributed by atoms with Crippen molar-refractivity contribution in [1.82, 2.24) is 9.36 Å². The molecule has 6 nitrogen and oxygen atoms in total. The van der Waals surface area contributed by atoms with Gasteiger partial charge in [-0.3, -0.25) is 0 Å². The summed E-state index contributed by atoms with van der Waals surface area (Å²) in [6.07, 6.45) is 0.550. The Morgan fingerprint density at radius 2 is 2.29 bits per heavy atom. The molecule has 0 aliphatic heterocycles. The molecule has 2 N–H and O–H groups in total. The van der Waals surface area contributed by atoms with Crippen molar-refractivity contribution in [1.29, 1.82) is 0 Å². The number of aromatic nitrogens is 2. The smallest absolute Gasteiger partial charge is 0.326 e. The molecular formula is C10H17N3O3S. The number of anilines is 1. The van der Waals surface area contributed by atoms with E-state index in [1.165, 1.54) is 0 Å². The van der Waals surface area contributed by atoms with Gasteiger partial charge in [0.05, 0.1) is 0 Å². The fourth-order valence-electron chi connectivity index (χ4n) is 1.34. The molecule has 0 aliphatic rings. The summed E-state index contributed by atoms with van der Waals surface area (Å²) in [6.45, 7) is 4.29. The molecule has 0 aliphatic carbocycles. The Morgan fingerprint density at radius 3 is 2.82 bits per heavy atom. The first-order valence-corrected chi connectivity index (χ1v) is 6.11. The number of carboxylic acid groups (broad SMARTS) is 1. The van der Waals surface area contributed by atoms with Gasteiger partial charge in [-0.25, -0.2) is 9.78 Å². The van der Waals surface area contributed by atoms with Crippen LogP contribution in [0.1, 0.15) is 26.1 Å². The van der Waals surface area contributed by atoms with Gasteiger partial charge in [-0.2, -0.15) is 4.37 Å². The summed E-state index contributed by atoms with van der Waals surface area (Å²) in [6, 6.07) is -0.627. The van der Waals surface area contributed by atoms with Crippen molar-refractivity contribution < 1.29 is 14.6 Å². The lowest BCUT2D eigenvalue weighted by Crippen LogP contribution is -2.30. The Morgan fingerprint density at radius 1 is 1.59 bits per heavy atom. The average Bonchev–Trinajstić information content (AvgIpc) is 2.64. The van der Waals surface area contributed by atoms with Crippen LogP contribution in [0, 0.1) is 5.92 Å². The Labute approximate surface area is 104 Å². The number of carboxylic acids is 1. The topological polar surface area (TPSA) is 84.3 Å². The number of rotatable bonds is 7. The number of hydrogen-bond donors (Lipinski definition) is 2. The molecule has 0 saturated heterocycles. The number of ether oxygens (including phenoxy) is 1. The van der Waals surface area contributed by atoms with E-state index >= 15 is 0 Å². The third-order valence-corrected chi connectivity index (χ3v) is 2.73. The van der Waals surface area contributed by atoms with Crippen molar-refractivity contribution in [2.24, 2.45) is 5.92 Å². The van der Waals surface area contributed by atoms with E-state index in [0.29, 0.717) is 29.9 Å². The first kappa shape index (κ1) is 13.9. The monoisotopic (exact) mass is 259 g/mol. The van der Waals surface area contributed by atoms with Gasteiger partial charge in [0.2, 0.25) is 5.13 Å². The lowest BCUT2D eigenvalue weighted by molar-refractivity contribution is -0.138. The molecule has 0 saturated carbocycles. The van der Waals surface area contributed by atoms with Crippen molar-refractivity contribution in [3.8, 4) is 0 Å². The minimum atomic E-state index is -0.873. The summed E-state index contributed by atoms with van der Waals surface area (Å²) in [4.78, 5) is 15.2. The van der Waals surface area contributed by atoms with Gasteiger partial charge in [-0.15, -0.1) is 0 Å². The van der Waals surface area contributed by atoms with E-state index in [4.69, 9.17) is 9.84 Å². The van der Waals surface area contributed by atoms with E-state index in [1.54, 1.807) is 7.11 Å². The summed E-state index contributed by atoms with van der Waals surface area (Å²) in [5.74, 6) is -0.00848. The molecule has 1 atom stereocenters. The number of carbonyl (C=O) groups is 1. The lowest BCUT2D eigenvalue weighted by atomic mass is 10.0. The molecule has 17 heavy (non-hydrogen) atoms. The van der Waals surface area contributed by atoms with Gasteiger partial charge in [-0.1, -0.05) is 13.8 Å². The Hall–Kier alpha value is -1.21. The molecule has 0 radical (unpaired) electrons. The third-order valence-electron chi connectivity index (χ3n) is 2.04. The van der Waals surface area contributed by atoms with Crippen LogP contribution in [0.3, 0.4) is 0 Å². The molecule has 1 unspecified atom stereocenters. The minimum Gasteiger partial charge on any atom is -0.480 e. The molecule has 0 amide bonds. The van der Waals surface area contributed by atoms with E-state index in [-0.39, 0.29) is 0 Å². The van der Waals surface area contributed by atoms with Crippen molar-refractivity contribution in [2.75, 3.05) is 12.4 Å². The van der Waals surface area contributed by atoms with Crippen LogP contribution in [0.2, 0.25) is 0 Å². The van der Waals surface area contributed by atoms with Crippen LogP contribution in [-0.2, 0) is 16.1 Å². The van der Waals surface area contributed by atoms with Crippen molar-refractivity contribution >= 4 is 22.6 Å². The van der Waals surface area contributed by atoms with Crippen LogP contribution in [0.4, 0.5) is 5.13 Å². The number of aliphatic carboxylic acids is 1. The summed E-state index contributed by atoms with van der Waals surface area (Å²) >= 11 is 1.15. The van der Waals surface area contributed by atoms with E-state index < -0.39 is 12.0 Å². The van der Waals surface area contributed by atoms with Gasteiger partial charge in [0, 0.05) is 18.6 Å². The molecule has 1 heterocycles. The number of nitrogens with zero attached hydrogens (tertiary/aromatic N) is 2. The molecule has 96 valence electrons. The zero-order chi connectivity index (χ0) is 12.8. The molecular weight excluding hydrogens is 242 g/mol. The van der Waals surface area contributed by atoms with E-state index in [9.17, 15) is 4.79 Å². The first-order chi connectivity index (χ1) is 8.02. The van der Waals surface area contributed by atoms with Crippen LogP contribution in [-0.4, -0.2) is 33.6 Å². The summed E-state index contributed by atoms with van der Waals surface area (Å²) < 4.78 is 8.94. The van der Waals surface area contributed by atoms with Gasteiger partial charge < -0.3 is 15.2 Å². The maximum atomic E-state index is 11.0. The van der Waals surface area contributed by atoms with Gasteiger partial charge in [0.25, 0.3) is 0 Å². The SMILES string of the molecule is COCc1nsc(NC(CC(C)C)C(=O)O)n1. The van der Waals surface area contributed by atoms with Crippen LogP contribution < -0.4 is 5.32 Å².